The Hall–Kier alpha value is -2.62. The maximum Gasteiger partial charge on any atom is 0.419 e. The molecule has 1 fully saturated rings. The third kappa shape index (κ3) is 4.57. The molecule has 0 aliphatic carbocycles. The van der Waals surface area contributed by atoms with E-state index in [2.05, 4.69) is 5.32 Å². The van der Waals surface area contributed by atoms with Gasteiger partial charge in [-0.05, 0) is 25.5 Å². The summed E-state index contributed by atoms with van der Waals surface area (Å²) in [7, 11) is -3.11. The Morgan fingerprint density at radius 3 is 2.81 bits per heavy atom. The van der Waals surface area contributed by atoms with Crippen LogP contribution in [-0.4, -0.2) is 48.5 Å². The smallest absolute Gasteiger partial charge is 0.419 e. The minimum absolute atomic E-state index is 0.0412. The summed E-state index contributed by atoms with van der Waals surface area (Å²) in [5.74, 6) is -1.82. The lowest BCUT2D eigenvalue weighted by molar-refractivity contribution is -0.155. The summed E-state index contributed by atoms with van der Waals surface area (Å²) in [6.45, 7) is 1.47. The van der Waals surface area contributed by atoms with Gasteiger partial charge in [-0.3, -0.25) is 14.2 Å². The minimum Gasteiger partial charge on any atom is -0.452 e. The lowest BCUT2D eigenvalue weighted by Crippen LogP contribution is -2.42. The molecule has 1 aliphatic heterocycles. The van der Waals surface area contributed by atoms with Crippen molar-refractivity contribution in [3.8, 4) is 0 Å². The number of nitrogens with zero attached hydrogens (tertiary/aromatic N) is 1. The van der Waals surface area contributed by atoms with E-state index in [1.54, 1.807) is 24.3 Å². The number of oxazole rings is 1. The van der Waals surface area contributed by atoms with Crippen LogP contribution in [0.25, 0.3) is 11.1 Å². The standard InChI is InChI=1S/C17H20N2O7S/c1-11(16(21)18-12-7-9-27(23,24)10-12)25-15(20)6-8-19-13-4-2-3-5-14(13)26-17(19)22/h2-5,11-12H,6-10H2,1H3,(H,18,21)/t11-,12-/m0/s1. The molecule has 0 saturated carbocycles. The molecule has 1 saturated heterocycles. The predicted molar refractivity (Wildman–Crippen MR) is 95.8 cm³/mol. The summed E-state index contributed by atoms with van der Waals surface area (Å²) >= 11 is 0. The van der Waals surface area contributed by atoms with Crippen molar-refractivity contribution in [2.24, 2.45) is 0 Å². The number of aryl methyl sites for hydroxylation is 1. The molecule has 0 unspecified atom stereocenters. The fraction of sp³-hybridized carbons (Fsp3) is 0.471. The van der Waals surface area contributed by atoms with Crippen molar-refractivity contribution in [3.63, 3.8) is 0 Å². The molecule has 10 heteroatoms. The molecule has 2 aromatic rings. The quantitative estimate of drug-likeness (QED) is 0.693. The number of fused-ring (bicyclic) bond motifs is 1. The number of hydrogen-bond acceptors (Lipinski definition) is 7. The van der Waals surface area contributed by atoms with Crippen molar-refractivity contribution < 1.29 is 27.2 Å². The van der Waals surface area contributed by atoms with Gasteiger partial charge in [0, 0.05) is 12.6 Å². The Morgan fingerprint density at radius 2 is 2.11 bits per heavy atom. The number of benzene rings is 1. The van der Waals surface area contributed by atoms with Gasteiger partial charge in [0.05, 0.1) is 23.4 Å². The van der Waals surface area contributed by atoms with Gasteiger partial charge in [-0.1, -0.05) is 12.1 Å². The van der Waals surface area contributed by atoms with E-state index in [0.29, 0.717) is 17.5 Å². The number of carbonyl (C=O) groups excluding carboxylic acids is 2. The van der Waals surface area contributed by atoms with Gasteiger partial charge in [-0.25, -0.2) is 13.2 Å². The molecule has 27 heavy (non-hydrogen) atoms. The lowest BCUT2D eigenvalue weighted by atomic mass is 10.2. The number of rotatable bonds is 6. The molecule has 9 nitrogen and oxygen atoms in total. The average Bonchev–Trinajstić information content (AvgIpc) is 3.10. The van der Waals surface area contributed by atoms with Gasteiger partial charge in [0.25, 0.3) is 5.91 Å². The Labute approximate surface area is 155 Å². The fourth-order valence-electron chi connectivity index (χ4n) is 2.97. The third-order valence-corrected chi connectivity index (χ3v) is 6.14. The monoisotopic (exact) mass is 396 g/mol. The molecule has 1 aliphatic rings. The van der Waals surface area contributed by atoms with Gasteiger partial charge in [-0.2, -0.15) is 0 Å². The zero-order chi connectivity index (χ0) is 19.6. The van der Waals surface area contributed by atoms with Crippen LogP contribution in [0.5, 0.6) is 0 Å². The van der Waals surface area contributed by atoms with Crippen molar-refractivity contribution in [2.75, 3.05) is 11.5 Å². The number of carbonyl (C=O) groups is 2. The number of ether oxygens (including phenoxy) is 1. The Balaban J connectivity index is 1.52. The van der Waals surface area contributed by atoms with Crippen LogP contribution >= 0.6 is 0 Å². The van der Waals surface area contributed by atoms with Crippen molar-refractivity contribution >= 4 is 32.8 Å². The number of nitrogens with one attached hydrogen (secondary N) is 1. The van der Waals surface area contributed by atoms with E-state index >= 15 is 0 Å². The topological polar surface area (TPSA) is 125 Å². The molecule has 146 valence electrons. The predicted octanol–water partition coefficient (Wildman–Crippen LogP) is 0.220. The van der Waals surface area contributed by atoms with Gasteiger partial charge in [-0.15, -0.1) is 0 Å². The van der Waals surface area contributed by atoms with Gasteiger partial charge >= 0.3 is 11.7 Å². The van der Waals surface area contributed by atoms with Gasteiger partial charge in [0.2, 0.25) is 0 Å². The first-order valence-corrected chi connectivity index (χ1v) is 10.4. The van der Waals surface area contributed by atoms with Crippen molar-refractivity contribution in [1.29, 1.82) is 0 Å². The highest BCUT2D eigenvalue weighted by Gasteiger charge is 2.30. The summed E-state index contributed by atoms with van der Waals surface area (Å²) in [5.41, 5.74) is 0.999. The Bertz CT molecular complexity index is 1020. The zero-order valence-corrected chi connectivity index (χ0v) is 15.5. The third-order valence-electron chi connectivity index (χ3n) is 4.37. The average molecular weight is 396 g/mol. The van der Waals surface area contributed by atoms with Crippen molar-refractivity contribution in [3.05, 3.63) is 34.8 Å². The van der Waals surface area contributed by atoms with Gasteiger partial charge in [0.1, 0.15) is 0 Å². The molecular formula is C17H20N2O7S. The van der Waals surface area contributed by atoms with Gasteiger partial charge < -0.3 is 14.5 Å². The van der Waals surface area contributed by atoms with Crippen LogP contribution in [0, 0.1) is 0 Å². The van der Waals surface area contributed by atoms with E-state index in [1.807, 2.05) is 0 Å². The van der Waals surface area contributed by atoms with E-state index in [0.717, 1.165) is 0 Å². The summed E-state index contributed by atoms with van der Waals surface area (Å²) < 4.78 is 34.3. The van der Waals surface area contributed by atoms with Gasteiger partial charge in [0.15, 0.2) is 21.5 Å². The first kappa shape index (κ1) is 19.2. The molecule has 0 radical (unpaired) electrons. The molecular weight excluding hydrogens is 376 g/mol. The molecule has 1 N–H and O–H groups in total. The summed E-state index contributed by atoms with van der Waals surface area (Å²) in [4.78, 5) is 35.9. The van der Waals surface area contributed by atoms with Crippen molar-refractivity contribution in [2.45, 2.75) is 38.5 Å². The highest BCUT2D eigenvalue weighted by atomic mass is 32.2. The molecule has 0 spiro atoms. The fourth-order valence-corrected chi connectivity index (χ4v) is 4.64. The minimum atomic E-state index is -3.11. The molecule has 0 bridgehead atoms. The van der Waals surface area contributed by atoms with Crippen LogP contribution in [0.3, 0.4) is 0 Å². The molecule has 1 amide bonds. The summed E-state index contributed by atoms with van der Waals surface area (Å²) in [5, 5.41) is 2.58. The lowest BCUT2D eigenvalue weighted by Gasteiger charge is -2.16. The first-order chi connectivity index (χ1) is 12.7. The molecule has 3 rings (SSSR count). The maximum atomic E-state index is 12.1. The second-order valence-electron chi connectivity index (χ2n) is 6.48. The number of para-hydroxylation sites is 2. The highest BCUT2D eigenvalue weighted by Crippen LogP contribution is 2.13. The number of esters is 1. The van der Waals surface area contributed by atoms with Crippen LogP contribution in [0.2, 0.25) is 0 Å². The SMILES string of the molecule is C[C@H](OC(=O)CCn1c(=O)oc2ccccc21)C(=O)N[C@H]1CCS(=O)(=O)C1. The summed E-state index contributed by atoms with van der Waals surface area (Å²) in [6.07, 6.45) is -0.817. The first-order valence-electron chi connectivity index (χ1n) is 8.54. The number of amides is 1. The molecule has 1 aromatic heterocycles. The van der Waals surface area contributed by atoms with Crippen LogP contribution in [0.4, 0.5) is 0 Å². The zero-order valence-electron chi connectivity index (χ0n) is 14.7. The van der Waals surface area contributed by atoms with E-state index < -0.39 is 39.6 Å². The number of hydrogen-bond donors (Lipinski definition) is 1. The molecule has 1 aromatic carbocycles. The number of aromatic nitrogens is 1. The van der Waals surface area contributed by atoms with E-state index in [4.69, 9.17) is 9.15 Å². The van der Waals surface area contributed by atoms with Crippen LogP contribution < -0.4 is 11.1 Å². The van der Waals surface area contributed by atoms with Crippen LogP contribution in [-0.2, 0) is 30.7 Å². The maximum absolute atomic E-state index is 12.1. The summed E-state index contributed by atoms with van der Waals surface area (Å²) in [6, 6.07) is 6.39. The van der Waals surface area contributed by atoms with Crippen LogP contribution in [0.1, 0.15) is 19.8 Å². The molecule has 2 atom stereocenters. The second-order valence-corrected chi connectivity index (χ2v) is 8.71. The van der Waals surface area contributed by atoms with E-state index in [9.17, 15) is 22.8 Å². The highest BCUT2D eigenvalue weighted by molar-refractivity contribution is 7.91. The number of sulfone groups is 1. The van der Waals surface area contributed by atoms with Crippen molar-refractivity contribution in [1.82, 2.24) is 9.88 Å². The van der Waals surface area contributed by atoms with E-state index in [-0.39, 0.29) is 24.5 Å². The Morgan fingerprint density at radius 1 is 1.37 bits per heavy atom. The van der Waals surface area contributed by atoms with Crippen LogP contribution in [0.15, 0.2) is 33.5 Å². The molecule has 2 heterocycles. The van der Waals surface area contributed by atoms with E-state index in [1.165, 1.54) is 11.5 Å². The second kappa shape index (κ2) is 7.55. The normalized spacial score (nSPS) is 19.7. The largest absolute Gasteiger partial charge is 0.452 e. The Kier molecular flexibility index (Phi) is 5.36.